The van der Waals surface area contributed by atoms with Gasteiger partial charge in [0.15, 0.2) is 0 Å². The summed E-state index contributed by atoms with van der Waals surface area (Å²) in [5, 5.41) is 4.00. The Balaban J connectivity index is 1.43. The van der Waals surface area contributed by atoms with Crippen molar-refractivity contribution >= 4 is 17.0 Å². The Morgan fingerprint density at radius 2 is 1.71 bits per heavy atom. The zero-order valence-corrected chi connectivity index (χ0v) is 16.6. The van der Waals surface area contributed by atoms with Crippen molar-refractivity contribution in [3.8, 4) is 11.1 Å². The minimum atomic E-state index is 0.0366. The molecule has 0 atom stereocenters. The van der Waals surface area contributed by atoms with Gasteiger partial charge in [0.05, 0.1) is 6.54 Å². The lowest BCUT2D eigenvalue weighted by Gasteiger charge is -2.34. The predicted octanol–water partition coefficient (Wildman–Crippen LogP) is 4.26. The number of hydrogen-bond acceptors (Lipinski definition) is 3. The van der Waals surface area contributed by atoms with E-state index >= 15 is 0 Å². The van der Waals surface area contributed by atoms with Crippen molar-refractivity contribution in [2.45, 2.75) is 20.4 Å². The number of aryl methyl sites for hydroxylation is 1. The van der Waals surface area contributed by atoms with Crippen LogP contribution in [0.2, 0.25) is 0 Å². The lowest BCUT2D eigenvalue weighted by molar-refractivity contribution is 0.131. The molecule has 1 aliphatic rings. The first-order chi connectivity index (χ1) is 13.6. The third-order valence-corrected chi connectivity index (χ3v) is 5.32. The molecule has 5 nitrogen and oxygen atoms in total. The predicted molar refractivity (Wildman–Crippen MR) is 112 cm³/mol. The Morgan fingerprint density at radius 1 is 1.00 bits per heavy atom. The van der Waals surface area contributed by atoms with Crippen molar-refractivity contribution in [2.24, 2.45) is 0 Å². The molecule has 2 heterocycles. The fourth-order valence-electron chi connectivity index (χ4n) is 3.69. The Bertz CT molecular complexity index is 954. The molecule has 1 saturated heterocycles. The quantitative estimate of drug-likeness (QED) is 0.739. The third-order valence-electron chi connectivity index (χ3n) is 5.32. The van der Waals surface area contributed by atoms with Gasteiger partial charge in [0.2, 0.25) is 0 Å². The molecule has 0 bridgehead atoms. The smallest absolute Gasteiger partial charge is 0.317 e. The highest BCUT2D eigenvalue weighted by Gasteiger charge is 2.21. The first-order valence-corrected chi connectivity index (χ1v) is 9.97. The summed E-state index contributed by atoms with van der Waals surface area (Å²) in [6, 6.07) is 17.1. The van der Waals surface area contributed by atoms with E-state index in [1.54, 1.807) is 0 Å². The van der Waals surface area contributed by atoms with E-state index in [0.29, 0.717) is 6.54 Å². The molecular formula is C23H27N3O2. The van der Waals surface area contributed by atoms with Crippen LogP contribution < -0.4 is 5.32 Å². The number of amides is 2. The van der Waals surface area contributed by atoms with E-state index < -0.39 is 0 Å². The van der Waals surface area contributed by atoms with Gasteiger partial charge in [0.1, 0.15) is 11.3 Å². The zero-order valence-electron chi connectivity index (χ0n) is 16.6. The van der Waals surface area contributed by atoms with Crippen LogP contribution in [0.4, 0.5) is 4.79 Å². The van der Waals surface area contributed by atoms with E-state index in [1.165, 1.54) is 16.7 Å². The number of fused-ring (bicyclic) bond motifs is 1. The van der Waals surface area contributed by atoms with E-state index in [-0.39, 0.29) is 6.03 Å². The summed E-state index contributed by atoms with van der Waals surface area (Å²) in [5.74, 6) is 0.975. The number of piperazine rings is 1. The number of rotatable bonds is 4. The van der Waals surface area contributed by atoms with Gasteiger partial charge in [-0.2, -0.15) is 0 Å². The highest BCUT2D eigenvalue weighted by Crippen LogP contribution is 2.27. The molecule has 146 valence electrons. The molecular weight excluding hydrogens is 350 g/mol. The maximum absolute atomic E-state index is 11.9. The second-order valence-electron chi connectivity index (χ2n) is 7.43. The number of furan rings is 1. The summed E-state index contributed by atoms with van der Waals surface area (Å²) in [5.41, 5.74) is 4.61. The molecule has 0 aliphatic carbocycles. The Kier molecular flexibility index (Phi) is 5.35. The van der Waals surface area contributed by atoms with Crippen LogP contribution in [0.5, 0.6) is 0 Å². The van der Waals surface area contributed by atoms with E-state index in [2.05, 4.69) is 65.7 Å². The molecule has 3 aromatic rings. The molecule has 1 N–H and O–H groups in total. The van der Waals surface area contributed by atoms with E-state index in [4.69, 9.17) is 4.42 Å². The van der Waals surface area contributed by atoms with E-state index in [1.807, 2.05) is 11.8 Å². The Morgan fingerprint density at radius 3 is 2.43 bits per heavy atom. The maximum atomic E-state index is 11.9. The largest absolute Gasteiger partial charge is 0.460 e. The van der Waals surface area contributed by atoms with Gasteiger partial charge in [0.25, 0.3) is 0 Å². The average molecular weight is 377 g/mol. The topological polar surface area (TPSA) is 48.7 Å². The molecule has 4 rings (SSSR count). The van der Waals surface area contributed by atoms with Crippen molar-refractivity contribution in [1.29, 1.82) is 0 Å². The molecule has 2 amide bonds. The van der Waals surface area contributed by atoms with E-state index in [0.717, 1.165) is 49.5 Å². The average Bonchev–Trinajstić information content (AvgIpc) is 3.10. The standard InChI is InChI=1S/C23H27N3O2/c1-3-24-23(27)26-12-10-25(11-13-26)16-21-15-20-14-19(8-9-22(20)28-21)18-6-4-17(2)5-7-18/h4-9,14-15H,3,10-13,16H2,1-2H3,(H,24,27). The number of carbonyl (C=O) groups excluding carboxylic acids is 1. The minimum absolute atomic E-state index is 0.0366. The summed E-state index contributed by atoms with van der Waals surface area (Å²) in [7, 11) is 0. The lowest BCUT2D eigenvalue weighted by Crippen LogP contribution is -2.51. The van der Waals surface area contributed by atoms with Crippen molar-refractivity contribution < 1.29 is 9.21 Å². The fraction of sp³-hybridized carbons (Fsp3) is 0.348. The van der Waals surface area contributed by atoms with Crippen LogP contribution in [-0.4, -0.2) is 48.6 Å². The molecule has 0 unspecified atom stereocenters. The number of urea groups is 1. The summed E-state index contributed by atoms with van der Waals surface area (Å²) < 4.78 is 6.06. The number of nitrogens with zero attached hydrogens (tertiary/aromatic N) is 2. The van der Waals surface area contributed by atoms with Gasteiger partial charge in [-0.15, -0.1) is 0 Å². The van der Waals surface area contributed by atoms with Gasteiger partial charge in [-0.05, 0) is 43.2 Å². The summed E-state index contributed by atoms with van der Waals surface area (Å²) in [4.78, 5) is 16.1. The van der Waals surface area contributed by atoms with Gasteiger partial charge in [0, 0.05) is 38.1 Å². The van der Waals surface area contributed by atoms with Crippen LogP contribution >= 0.6 is 0 Å². The number of benzene rings is 2. The van der Waals surface area contributed by atoms with Crippen LogP contribution in [0.1, 0.15) is 18.2 Å². The first-order valence-electron chi connectivity index (χ1n) is 9.97. The Hall–Kier alpha value is -2.79. The van der Waals surface area contributed by atoms with Gasteiger partial charge in [-0.25, -0.2) is 4.79 Å². The molecule has 28 heavy (non-hydrogen) atoms. The molecule has 2 aromatic carbocycles. The monoisotopic (exact) mass is 377 g/mol. The highest BCUT2D eigenvalue weighted by atomic mass is 16.3. The van der Waals surface area contributed by atoms with Gasteiger partial charge in [-0.3, -0.25) is 4.90 Å². The molecule has 0 radical (unpaired) electrons. The second kappa shape index (κ2) is 8.07. The zero-order chi connectivity index (χ0) is 19.5. The molecule has 1 aliphatic heterocycles. The summed E-state index contributed by atoms with van der Waals surface area (Å²) >= 11 is 0. The normalized spacial score (nSPS) is 15.1. The van der Waals surface area contributed by atoms with Crippen LogP contribution in [-0.2, 0) is 6.54 Å². The molecule has 1 aromatic heterocycles. The second-order valence-corrected chi connectivity index (χ2v) is 7.43. The van der Waals surface area contributed by atoms with Crippen LogP contribution in [0.15, 0.2) is 52.9 Å². The molecule has 1 fully saturated rings. The minimum Gasteiger partial charge on any atom is -0.460 e. The van der Waals surface area contributed by atoms with Gasteiger partial charge in [-0.1, -0.05) is 35.9 Å². The first kappa shape index (κ1) is 18.6. The van der Waals surface area contributed by atoms with Crippen molar-refractivity contribution in [3.05, 3.63) is 59.9 Å². The van der Waals surface area contributed by atoms with Crippen LogP contribution in [0, 0.1) is 6.92 Å². The summed E-state index contributed by atoms with van der Waals surface area (Å²) in [6.07, 6.45) is 0. The molecule has 5 heteroatoms. The summed E-state index contributed by atoms with van der Waals surface area (Å²) in [6.45, 7) is 8.73. The maximum Gasteiger partial charge on any atom is 0.317 e. The third kappa shape index (κ3) is 4.04. The van der Waals surface area contributed by atoms with Crippen molar-refractivity contribution in [2.75, 3.05) is 32.7 Å². The number of carbonyl (C=O) groups is 1. The van der Waals surface area contributed by atoms with E-state index in [9.17, 15) is 4.79 Å². The van der Waals surface area contributed by atoms with Crippen molar-refractivity contribution in [3.63, 3.8) is 0 Å². The molecule has 0 saturated carbocycles. The Labute approximate surface area is 165 Å². The van der Waals surface area contributed by atoms with Crippen LogP contribution in [0.25, 0.3) is 22.1 Å². The SMILES string of the molecule is CCNC(=O)N1CCN(Cc2cc3cc(-c4ccc(C)cc4)ccc3o2)CC1. The lowest BCUT2D eigenvalue weighted by atomic mass is 10.0. The highest BCUT2D eigenvalue weighted by molar-refractivity contribution is 5.84. The van der Waals surface area contributed by atoms with Gasteiger partial charge < -0.3 is 14.6 Å². The number of nitrogens with one attached hydrogen (secondary N) is 1. The van der Waals surface area contributed by atoms with Gasteiger partial charge >= 0.3 is 6.03 Å². The fourth-order valence-corrected chi connectivity index (χ4v) is 3.69. The number of hydrogen-bond donors (Lipinski definition) is 1. The molecule has 0 spiro atoms. The van der Waals surface area contributed by atoms with Crippen LogP contribution in [0.3, 0.4) is 0 Å². The van der Waals surface area contributed by atoms with Crippen molar-refractivity contribution in [1.82, 2.24) is 15.1 Å².